The van der Waals surface area contributed by atoms with Crippen LogP contribution in [0.5, 0.6) is 0 Å². The third-order valence-electron chi connectivity index (χ3n) is 3.94. The molecule has 1 fully saturated rings. The first-order valence-corrected chi connectivity index (χ1v) is 7.07. The first-order chi connectivity index (χ1) is 10.2. The third kappa shape index (κ3) is 2.66. The van der Waals surface area contributed by atoms with Gasteiger partial charge in [0, 0.05) is 0 Å². The lowest BCUT2D eigenvalue weighted by Crippen LogP contribution is -2.35. The molecule has 1 N–H and O–H groups in total. The highest BCUT2D eigenvalue weighted by Crippen LogP contribution is 2.45. The Balaban J connectivity index is 1.91. The van der Waals surface area contributed by atoms with Crippen molar-refractivity contribution < 1.29 is 4.79 Å². The van der Waals surface area contributed by atoms with E-state index in [2.05, 4.69) is 11.4 Å². The average molecular weight is 276 g/mol. The van der Waals surface area contributed by atoms with E-state index in [0.29, 0.717) is 12.8 Å². The maximum absolute atomic E-state index is 12.4. The van der Waals surface area contributed by atoms with Crippen LogP contribution in [0.25, 0.3) is 0 Å². The van der Waals surface area contributed by atoms with Gasteiger partial charge in [-0.3, -0.25) is 4.79 Å². The third-order valence-corrected chi connectivity index (χ3v) is 3.94. The number of nitrogens with zero attached hydrogens (tertiary/aromatic N) is 1. The van der Waals surface area contributed by atoms with Gasteiger partial charge in [-0.25, -0.2) is 0 Å². The number of carbonyl (C=O) groups excluding carboxylic acids is 1. The summed E-state index contributed by atoms with van der Waals surface area (Å²) in [4.78, 5) is 12.4. The Morgan fingerprint density at radius 1 is 1.00 bits per heavy atom. The van der Waals surface area contributed by atoms with Crippen LogP contribution in [0.4, 0.5) is 0 Å². The lowest BCUT2D eigenvalue weighted by atomic mass is 9.97. The molecule has 104 valence electrons. The molecule has 1 amide bonds. The van der Waals surface area contributed by atoms with E-state index in [1.807, 2.05) is 60.7 Å². The number of nitrogens with one attached hydrogen (secondary N) is 1. The van der Waals surface area contributed by atoms with Crippen molar-refractivity contribution >= 4 is 5.91 Å². The number of benzene rings is 2. The number of rotatable bonds is 4. The van der Waals surface area contributed by atoms with E-state index in [-0.39, 0.29) is 11.9 Å². The summed E-state index contributed by atoms with van der Waals surface area (Å²) in [6.07, 6.45) is 1.32. The van der Waals surface area contributed by atoms with E-state index in [9.17, 15) is 10.1 Å². The zero-order valence-corrected chi connectivity index (χ0v) is 11.6. The molecule has 3 rings (SSSR count). The van der Waals surface area contributed by atoms with E-state index in [1.54, 1.807) is 0 Å². The van der Waals surface area contributed by atoms with Gasteiger partial charge in [-0.15, -0.1) is 0 Å². The van der Waals surface area contributed by atoms with Gasteiger partial charge in [0.25, 0.3) is 0 Å². The summed E-state index contributed by atoms with van der Waals surface area (Å²) in [5.74, 6) is -0.164. The van der Waals surface area contributed by atoms with Crippen molar-refractivity contribution in [3.63, 3.8) is 0 Å². The second-order valence-corrected chi connectivity index (χ2v) is 5.42. The molecule has 0 atom stereocenters. The largest absolute Gasteiger partial charge is 0.344 e. The zero-order valence-electron chi connectivity index (χ0n) is 11.6. The zero-order chi connectivity index (χ0) is 14.7. The van der Waals surface area contributed by atoms with Crippen molar-refractivity contribution in [2.24, 2.45) is 5.41 Å². The number of amides is 1. The molecule has 21 heavy (non-hydrogen) atoms. The van der Waals surface area contributed by atoms with Gasteiger partial charge in [0.1, 0.15) is 5.41 Å². The van der Waals surface area contributed by atoms with Crippen LogP contribution in [0.2, 0.25) is 0 Å². The number of hydrogen-bond acceptors (Lipinski definition) is 2. The lowest BCUT2D eigenvalue weighted by Gasteiger charge is -2.21. The highest BCUT2D eigenvalue weighted by atomic mass is 16.2. The molecular formula is C18H16N2O. The van der Waals surface area contributed by atoms with Gasteiger partial charge >= 0.3 is 0 Å². The Morgan fingerprint density at radius 3 is 1.86 bits per heavy atom. The summed E-state index contributed by atoms with van der Waals surface area (Å²) >= 11 is 0. The quantitative estimate of drug-likeness (QED) is 0.932. The van der Waals surface area contributed by atoms with Gasteiger partial charge < -0.3 is 5.32 Å². The number of carbonyl (C=O) groups is 1. The van der Waals surface area contributed by atoms with E-state index in [0.717, 1.165) is 11.1 Å². The monoisotopic (exact) mass is 276 g/mol. The van der Waals surface area contributed by atoms with Crippen molar-refractivity contribution in [3.8, 4) is 6.07 Å². The van der Waals surface area contributed by atoms with Crippen LogP contribution in [-0.2, 0) is 4.79 Å². The summed E-state index contributed by atoms with van der Waals surface area (Å²) in [5, 5.41) is 12.2. The Kier molecular flexibility index (Phi) is 3.45. The standard InChI is InChI=1S/C18H16N2O/c19-13-18(11-12-18)17(21)20-16(14-7-3-1-4-8-14)15-9-5-2-6-10-15/h1-10,16H,11-12H2,(H,20,21). The van der Waals surface area contributed by atoms with Crippen LogP contribution in [0.3, 0.4) is 0 Å². The van der Waals surface area contributed by atoms with E-state index < -0.39 is 5.41 Å². The molecule has 0 heterocycles. The van der Waals surface area contributed by atoms with Crippen molar-refractivity contribution in [3.05, 3.63) is 71.8 Å². The van der Waals surface area contributed by atoms with Gasteiger partial charge in [-0.2, -0.15) is 5.26 Å². The summed E-state index contributed by atoms with van der Waals surface area (Å²) in [6, 6.07) is 21.6. The minimum Gasteiger partial charge on any atom is -0.344 e. The Morgan fingerprint density at radius 2 is 1.48 bits per heavy atom. The number of nitriles is 1. The molecule has 2 aromatic carbocycles. The fourth-order valence-electron chi connectivity index (χ4n) is 2.43. The summed E-state index contributed by atoms with van der Waals surface area (Å²) in [7, 11) is 0. The van der Waals surface area contributed by atoms with E-state index >= 15 is 0 Å². The topological polar surface area (TPSA) is 52.9 Å². The summed E-state index contributed by atoms with van der Waals surface area (Å²) in [5.41, 5.74) is 1.23. The Hall–Kier alpha value is -2.60. The van der Waals surface area contributed by atoms with Crippen molar-refractivity contribution in [1.29, 1.82) is 5.26 Å². The molecule has 0 spiro atoms. The molecule has 1 saturated carbocycles. The minimum absolute atomic E-state index is 0.164. The summed E-state index contributed by atoms with van der Waals surface area (Å²) in [6.45, 7) is 0. The minimum atomic E-state index is -0.804. The Labute approximate surface area is 124 Å². The predicted molar refractivity (Wildman–Crippen MR) is 80.1 cm³/mol. The molecule has 3 heteroatoms. The van der Waals surface area contributed by atoms with Gasteiger partial charge in [0.15, 0.2) is 0 Å². The molecule has 0 aliphatic heterocycles. The predicted octanol–water partition coefficient (Wildman–Crippen LogP) is 3.20. The average Bonchev–Trinajstić information content (AvgIpc) is 3.35. The SMILES string of the molecule is N#CC1(C(=O)NC(c2ccccc2)c2ccccc2)CC1. The fourth-order valence-corrected chi connectivity index (χ4v) is 2.43. The molecule has 1 aliphatic carbocycles. The first kappa shape index (κ1) is 13.4. The van der Waals surface area contributed by atoms with Gasteiger partial charge in [0.05, 0.1) is 12.1 Å². The fraction of sp³-hybridized carbons (Fsp3) is 0.222. The molecule has 1 aliphatic rings. The van der Waals surface area contributed by atoms with Crippen molar-refractivity contribution in [2.45, 2.75) is 18.9 Å². The maximum atomic E-state index is 12.4. The maximum Gasteiger partial charge on any atom is 0.241 e. The van der Waals surface area contributed by atoms with Crippen LogP contribution in [0.15, 0.2) is 60.7 Å². The lowest BCUT2D eigenvalue weighted by molar-refractivity contribution is -0.125. The molecule has 0 unspecified atom stereocenters. The van der Waals surface area contributed by atoms with Gasteiger partial charge in [0.2, 0.25) is 5.91 Å². The summed E-state index contributed by atoms with van der Waals surface area (Å²) < 4.78 is 0. The van der Waals surface area contributed by atoms with E-state index in [4.69, 9.17) is 0 Å². The second-order valence-electron chi connectivity index (χ2n) is 5.42. The molecule has 0 aromatic heterocycles. The van der Waals surface area contributed by atoms with Gasteiger partial charge in [-0.05, 0) is 24.0 Å². The Bertz CT molecular complexity index is 630. The molecule has 0 bridgehead atoms. The van der Waals surface area contributed by atoms with Crippen LogP contribution >= 0.6 is 0 Å². The highest BCUT2D eigenvalue weighted by Gasteiger charge is 2.51. The highest BCUT2D eigenvalue weighted by molar-refractivity contribution is 5.88. The molecular weight excluding hydrogens is 260 g/mol. The molecule has 0 saturated heterocycles. The second kappa shape index (κ2) is 5.41. The van der Waals surface area contributed by atoms with Gasteiger partial charge in [-0.1, -0.05) is 60.7 Å². The van der Waals surface area contributed by atoms with Crippen LogP contribution in [0.1, 0.15) is 30.0 Å². The molecule has 0 radical (unpaired) electrons. The van der Waals surface area contributed by atoms with Crippen molar-refractivity contribution in [1.82, 2.24) is 5.32 Å². The van der Waals surface area contributed by atoms with E-state index in [1.165, 1.54) is 0 Å². The molecule has 2 aromatic rings. The molecule has 3 nitrogen and oxygen atoms in total. The van der Waals surface area contributed by atoms with Crippen LogP contribution < -0.4 is 5.32 Å². The van der Waals surface area contributed by atoms with Crippen molar-refractivity contribution in [2.75, 3.05) is 0 Å². The van der Waals surface area contributed by atoms with Crippen LogP contribution in [0, 0.1) is 16.7 Å². The van der Waals surface area contributed by atoms with Crippen LogP contribution in [-0.4, -0.2) is 5.91 Å². The first-order valence-electron chi connectivity index (χ1n) is 7.07. The normalized spacial score (nSPS) is 15.2. The number of hydrogen-bond donors (Lipinski definition) is 1. The smallest absolute Gasteiger partial charge is 0.241 e.